The molecule has 1 amide bonds. The van der Waals surface area contributed by atoms with E-state index in [0.29, 0.717) is 17.3 Å². The van der Waals surface area contributed by atoms with Gasteiger partial charge in [0, 0.05) is 11.6 Å². The third-order valence-electron chi connectivity index (χ3n) is 4.50. The summed E-state index contributed by atoms with van der Waals surface area (Å²) < 4.78 is 0. The van der Waals surface area contributed by atoms with Gasteiger partial charge >= 0.3 is 0 Å². The van der Waals surface area contributed by atoms with Crippen LogP contribution in [-0.4, -0.2) is 16.9 Å². The Balaban J connectivity index is 1.62. The molecule has 1 aromatic carbocycles. The molecule has 2 aromatic rings. The number of carbonyl (C=O) groups is 1. The highest BCUT2D eigenvalue weighted by atomic mass is 16.1. The third-order valence-corrected chi connectivity index (χ3v) is 4.50. The second kappa shape index (κ2) is 6.82. The van der Waals surface area contributed by atoms with Crippen molar-refractivity contribution in [3.8, 4) is 0 Å². The zero-order valence-electron chi connectivity index (χ0n) is 13.7. The average molecular weight is 309 g/mol. The summed E-state index contributed by atoms with van der Waals surface area (Å²) >= 11 is 0. The van der Waals surface area contributed by atoms with Crippen molar-refractivity contribution in [2.45, 2.75) is 45.6 Å². The monoisotopic (exact) mass is 309 g/mol. The van der Waals surface area contributed by atoms with Crippen LogP contribution in [0.4, 0.5) is 11.5 Å². The predicted octanol–water partition coefficient (Wildman–Crippen LogP) is 4.31. The van der Waals surface area contributed by atoms with Crippen molar-refractivity contribution >= 4 is 17.4 Å². The molecule has 0 aliphatic heterocycles. The molecule has 120 valence electrons. The van der Waals surface area contributed by atoms with E-state index < -0.39 is 0 Å². The quantitative estimate of drug-likeness (QED) is 0.885. The van der Waals surface area contributed by atoms with Crippen LogP contribution >= 0.6 is 0 Å². The van der Waals surface area contributed by atoms with Crippen molar-refractivity contribution in [2.24, 2.45) is 0 Å². The molecule has 0 radical (unpaired) electrons. The maximum atomic E-state index is 12.3. The lowest BCUT2D eigenvalue weighted by atomic mass is 10.1. The summed E-state index contributed by atoms with van der Waals surface area (Å²) in [6.07, 6.45) is 6.72. The third kappa shape index (κ3) is 3.89. The van der Waals surface area contributed by atoms with E-state index in [0.717, 1.165) is 11.4 Å². The molecule has 0 saturated heterocycles. The summed E-state index contributed by atoms with van der Waals surface area (Å²) in [4.78, 5) is 16.7. The summed E-state index contributed by atoms with van der Waals surface area (Å²) in [5.74, 6) is 0.771. The lowest BCUT2D eigenvalue weighted by Gasteiger charge is -2.13. The minimum atomic E-state index is -0.105. The number of anilines is 2. The van der Waals surface area contributed by atoms with Crippen LogP contribution in [0.25, 0.3) is 0 Å². The highest BCUT2D eigenvalue weighted by molar-refractivity contribution is 6.04. The van der Waals surface area contributed by atoms with E-state index in [-0.39, 0.29) is 5.91 Å². The molecule has 0 bridgehead atoms. The maximum absolute atomic E-state index is 12.3. The van der Waals surface area contributed by atoms with Crippen LogP contribution in [0.3, 0.4) is 0 Å². The molecule has 1 aliphatic rings. The van der Waals surface area contributed by atoms with Crippen LogP contribution in [0.5, 0.6) is 0 Å². The first-order chi connectivity index (χ1) is 11.1. The van der Waals surface area contributed by atoms with Gasteiger partial charge in [0.15, 0.2) is 0 Å². The highest BCUT2D eigenvalue weighted by Gasteiger charge is 2.15. The Morgan fingerprint density at radius 3 is 2.52 bits per heavy atom. The molecule has 4 heteroatoms. The maximum Gasteiger partial charge on any atom is 0.255 e. The number of rotatable bonds is 4. The summed E-state index contributed by atoms with van der Waals surface area (Å²) in [6, 6.07) is 10.1. The van der Waals surface area contributed by atoms with Crippen molar-refractivity contribution in [1.29, 1.82) is 0 Å². The van der Waals surface area contributed by atoms with E-state index in [2.05, 4.69) is 15.6 Å². The molecule has 3 rings (SSSR count). The number of benzene rings is 1. The van der Waals surface area contributed by atoms with Gasteiger partial charge in [0.1, 0.15) is 5.82 Å². The first-order valence-electron chi connectivity index (χ1n) is 8.23. The smallest absolute Gasteiger partial charge is 0.255 e. The molecule has 0 spiro atoms. The number of aromatic nitrogens is 1. The lowest BCUT2D eigenvalue weighted by molar-refractivity contribution is 0.102. The fourth-order valence-corrected chi connectivity index (χ4v) is 2.92. The van der Waals surface area contributed by atoms with Crippen LogP contribution in [0.1, 0.15) is 47.2 Å². The van der Waals surface area contributed by atoms with Crippen LogP contribution in [0, 0.1) is 13.8 Å². The van der Waals surface area contributed by atoms with Crippen LogP contribution in [0.2, 0.25) is 0 Å². The summed E-state index contributed by atoms with van der Waals surface area (Å²) in [7, 11) is 0. The number of pyridine rings is 1. The SMILES string of the molecule is Cc1ccc(C(=O)Nc2ccc(NC3CCCC3)nc2)cc1C. The molecule has 0 atom stereocenters. The number of aryl methyl sites for hydroxylation is 2. The standard InChI is InChI=1S/C19H23N3O/c1-13-7-8-15(11-14(13)2)19(23)22-17-9-10-18(20-12-17)21-16-5-3-4-6-16/h7-12,16H,3-6H2,1-2H3,(H,20,21)(H,22,23). The average Bonchev–Trinajstić information content (AvgIpc) is 3.05. The van der Waals surface area contributed by atoms with Crippen molar-refractivity contribution in [3.63, 3.8) is 0 Å². The second-order valence-corrected chi connectivity index (χ2v) is 6.31. The van der Waals surface area contributed by atoms with Gasteiger partial charge in [-0.3, -0.25) is 4.79 Å². The van der Waals surface area contributed by atoms with Gasteiger partial charge in [-0.25, -0.2) is 4.98 Å². The number of hydrogen-bond donors (Lipinski definition) is 2. The molecule has 23 heavy (non-hydrogen) atoms. The molecular weight excluding hydrogens is 286 g/mol. The van der Waals surface area contributed by atoms with Crippen molar-refractivity contribution in [3.05, 3.63) is 53.2 Å². The molecule has 1 aromatic heterocycles. The Morgan fingerprint density at radius 2 is 1.87 bits per heavy atom. The van der Waals surface area contributed by atoms with Gasteiger partial charge < -0.3 is 10.6 Å². The van der Waals surface area contributed by atoms with Gasteiger partial charge in [0.05, 0.1) is 11.9 Å². The van der Waals surface area contributed by atoms with E-state index in [1.807, 2.05) is 44.2 Å². The van der Waals surface area contributed by atoms with Crippen LogP contribution < -0.4 is 10.6 Å². The van der Waals surface area contributed by atoms with E-state index in [1.54, 1.807) is 6.20 Å². The van der Waals surface area contributed by atoms with Gasteiger partial charge in [-0.15, -0.1) is 0 Å². The predicted molar refractivity (Wildman–Crippen MR) is 94.0 cm³/mol. The molecule has 1 heterocycles. The zero-order chi connectivity index (χ0) is 16.2. The number of hydrogen-bond acceptors (Lipinski definition) is 3. The van der Waals surface area contributed by atoms with Crippen LogP contribution in [0.15, 0.2) is 36.5 Å². The minimum Gasteiger partial charge on any atom is -0.367 e. The number of nitrogens with zero attached hydrogens (tertiary/aromatic N) is 1. The molecule has 0 unspecified atom stereocenters. The molecule has 4 nitrogen and oxygen atoms in total. The largest absolute Gasteiger partial charge is 0.367 e. The fraction of sp³-hybridized carbons (Fsp3) is 0.368. The topological polar surface area (TPSA) is 54.0 Å². The summed E-state index contributed by atoms with van der Waals surface area (Å²) in [6.45, 7) is 4.05. The van der Waals surface area contributed by atoms with E-state index in [1.165, 1.54) is 31.2 Å². The van der Waals surface area contributed by atoms with Gasteiger partial charge in [0.2, 0.25) is 0 Å². The summed E-state index contributed by atoms with van der Waals surface area (Å²) in [5, 5.41) is 6.34. The van der Waals surface area contributed by atoms with E-state index in [4.69, 9.17) is 0 Å². The number of amides is 1. The minimum absolute atomic E-state index is 0.105. The van der Waals surface area contributed by atoms with E-state index in [9.17, 15) is 4.79 Å². The fourth-order valence-electron chi connectivity index (χ4n) is 2.92. The van der Waals surface area contributed by atoms with Gasteiger partial charge in [-0.2, -0.15) is 0 Å². The molecule has 1 aliphatic carbocycles. The molecular formula is C19H23N3O. The van der Waals surface area contributed by atoms with Crippen LogP contribution in [-0.2, 0) is 0 Å². The Morgan fingerprint density at radius 1 is 1.09 bits per heavy atom. The first kappa shape index (κ1) is 15.5. The summed E-state index contributed by atoms with van der Waals surface area (Å²) in [5.41, 5.74) is 3.68. The Hall–Kier alpha value is -2.36. The van der Waals surface area contributed by atoms with Gasteiger partial charge in [0.25, 0.3) is 5.91 Å². The van der Waals surface area contributed by atoms with Crippen molar-refractivity contribution in [2.75, 3.05) is 10.6 Å². The lowest BCUT2D eigenvalue weighted by Crippen LogP contribution is -2.16. The molecule has 2 N–H and O–H groups in total. The van der Waals surface area contributed by atoms with E-state index >= 15 is 0 Å². The normalized spacial score (nSPS) is 14.7. The number of carbonyl (C=O) groups excluding carboxylic acids is 1. The Kier molecular flexibility index (Phi) is 4.60. The van der Waals surface area contributed by atoms with Gasteiger partial charge in [-0.05, 0) is 62.1 Å². The highest BCUT2D eigenvalue weighted by Crippen LogP contribution is 2.22. The zero-order valence-corrected chi connectivity index (χ0v) is 13.7. The second-order valence-electron chi connectivity index (χ2n) is 6.31. The van der Waals surface area contributed by atoms with Crippen molar-refractivity contribution in [1.82, 2.24) is 4.98 Å². The Bertz CT molecular complexity index is 688. The Labute approximate surface area is 137 Å². The molecule has 1 saturated carbocycles. The van der Waals surface area contributed by atoms with Crippen molar-refractivity contribution < 1.29 is 4.79 Å². The molecule has 1 fully saturated rings. The number of nitrogens with one attached hydrogen (secondary N) is 2. The first-order valence-corrected chi connectivity index (χ1v) is 8.23. The van der Waals surface area contributed by atoms with Gasteiger partial charge in [-0.1, -0.05) is 18.9 Å².